The van der Waals surface area contributed by atoms with Gasteiger partial charge in [-0.3, -0.25) is 4.79 Å². The Morgan fingerprint density at radius 3 is 2.57 bits per heavy atom. The van der Waals surface area contributed by atoms with E-state index in [0.717, 1.165) is 16.8 Å². The molecule has 0 saturated carbocycles. The summed E-state index contributed by atoms with van der Waals surface area (Å²) >= 11 is 0. The van der Waals surface area contributed by atoms with Gasteiger partial charge in [0, 0.05) is 18.3 Å². The van der Waals surface area contributed by atoms with Crippen molar-refractivity contribution in [2.24, 2.45) is 0 Å². The molecule has 0 saturated heterocycles. The first kappa shape index (κ1) is 21.5. The topological polar surface area (TPSA) is 86.1 Å². The zero-order valence-electron chi connectivity index (χ0n) is 18.1. The van der Waals surface area contributed by atoms with E-state index in [1.807, 2.05) is 58.9 Å². The van der Waals surface area contributed by atoms with Crippen LogP contribution < -0.4 is 5.32 Å². The van der Waals surface area contributed by atoms with Crippen LogP contribution in [0.25, 0.3) is 11.0 Å². The molecule has 0 aliphatic heterocycles. The van der Waals surface area contributed by atoms with Gasteiger partial charge in [0.1, 0.15) is 0 Å². The van der Waals surface area contributed by atoms with Crippen LogP contribution in [0.1, 0.15) is 66.8 Å². The number of carbonyl (C=O) groups excluding carboxylic acids is 2. The molecule has 2 aromatic heterocycles. The van der Waals surface area contributed by atoms with Crippen molar-refractivity contribution < 1.29 is 14.3 Å². The highest BCUT2D eigenvalue weighted by Gasteiger charge is 2.20. The van der Waals surface area contributed by atoms with Gasteiger partial charge in [-0.05, 0) is 43.9 Å². The van der Waals surface area contributed by atoms with Gasteiger partial charge >= 0.3 is 5.97 Å². The molecule has 1 aromatic carbocycles. The number of hydrogen-bond donors (Lipinski definition) is 1. The second kappa shape index (κ2) is 9.07. The molecule has 0 fully saturated rings. The number of pyridine rings is 1. The molecule has 3 aromatic rings. The van der Waals surface area contributed by atoms with Crippen LogP contribution in [0.4, 0.5) is 0 Å². The number of nitrogens with zero attached hydrogens (tertiary/aromatic N) is 3. The molecule has 7 nitrogen and oxygen atoms in total. The van der Waals surface area contributed by atoms with Crippen LogP contribution >= 0.6 is 0 Å². The van der Waals surface area contributed by atoms with Crippen LogP contribution in [0.2, 0.25) is 0 Å². The van der Waals surface area contributed by atoms with Crippen LogP contribution in [-0.2, 0) is 16.1 Å². The van der Waals surface area contributed by atoms with Crippen LogP contribution in [-0.4, -0.2) is 33.2 Å². The standard InChI is InChI=1S/C23H28N4O3/c1-14(2)20-10-18(19-12-25-27(15(3)4)22(19)26-20)23(29)30-13-21(28)24-11-17-9-7-6-8-16(17)5/h6-10,12,14-15H,11,13H2,1-5H3,(H,24,28). The van der Waals surface area contributed by atoms with E-state index in [1.54, 1.807) is 16.9 Å². The third-order valence-electron chi connectivity index (χ3n) is 4.96. The van der Waals surface area contributed by atoms with E-state index in [2.05, 4.69) is 15.4 Å². The molecular formula is C23H28N4O3. The predicted molar refractivity (Wildman–Crippen MR) is 115 cm³/mol. The van der Waals surface area contributed by atoms with E-state index in [-0.39, 0.29) is 24.5 Å². The Morgan fingerprint density at radius 2 is 1.90 bits per heavy atom. The minimum Gasteiger partial charge on any atom is -0.452 e. The highest BCUT2D eigenvalue weighted by Crippen LogP contribution is 2.24. The maximum atomic E-state index is 12.8. The fraction of sp³-hybridized carbons (Fsp3) is 0.391. The summed E-state index contributed by atoms with van der Waals surface area (Å²) in [4.78, 5) is 29.6. The van der Waals surface area contributed by atoms with E-state index in [0.29, 0.717) is 23.1 Å². The number of carbonyl (C=O) groups is 2. The number of amides is 1. The van der Waals surface area contributed by atoms with Crippen LogP contribution in [0.3, 0.4) is 0 Å². The third kappa shape index (κ3) is 4.67. The first-order chi connectivity index (χ1) is 14.3. The number of hydrogen-bond acceptors (Lipinski definition) is 5. The predicted octanol–water partition coefficient (Wildman–Crippen LogP) is 3.92. The number of nitrogens with one attached hydrogen (secondary N) is 1. The summed E-state index contributed by atoms with van der Waals surface area (Å²) in [5.41, 5.74) is 3.92. The molecule has 2 heterocycles. The maximum absolute atomic E-state index is 12.8. The largest absolute Gasteiger partial charge is 0.452 e. The van der Waals surface area contributed by atoms with Crippen molar-refractivity contribution in [2.75, 3.05) is 6.61 Å². The molecular weight excluding hydrogens is 380 g/mol. The monoisotopic (exact) mass is 408 g/mol. The van der Waals surface area contributed by atoms with Crippen molar-refractivity contribution in [3.05, 3.63) is 58.9 Å². The summed E-state index contributed by atoms with van der Waals surface area (Å²) in [6.07, 6.45) is 1.63. The Kier molecular flexibility index (Phi) is 6.50. The van der Waals surface area contributed by atoms with Gasteiger partial charge in [-0.25, -0.2) is 14.5 Å². The zero-order chi connectivity index (χ0) is 21.8. The Morgan fingerprint density at radius 1 is 1.17 bits per heavy atom. The fourth-order valence-corrected chi connectivity index (χ4v) is 3.14. The van der Waals surface area contributed by atoms with Crippen molar-refractivity contribution in [2.45, 2.75) is 53.1 Å². The van der Waals surface area contributed by atoms with Crippen molar-refractivity contribution in [1.82, 2.24) is 20.1 Å². The van der Waals surface area contributed by atoms with Gasteiger partial charge in [0.05, 0.1) is 17.1 Å². The third-order valence-corrected chi connectivity index (χ3v) is 4.96. The number of aryl methyl sites for hydroxylation is 1. The molecule has 3 rings (SSSR count). The van der Waals surface area contributed by atoms with Crippen molar-refractivity contribution in [3.8, 4) is 0 Å². The van der Waals surface area contributed by atoms with Gasteiger partial charge in [-0.15, -0.1) is 0 Å². The van der Waals surface area contributed by atoms with E-state index in [4.69, 9.17) is 4.74 Å². The van der Waals surface area contributed by atoms with E-state index >= 15 is 0 Å². The molecule has 0 aliphatic rings. The summed E-state index contributed by atoms with van der Waals surface area (Å²) in [7, 11) is 0. The summed E-state index contributed by atoms with van der Waals surface area (Å²) in [5, 5.41) is 7.78. The van der Waals surface area contributed by atoms with Gasteiger partial charge < -0.3 is 10.1 Å². The molecule has 0 atom stereocenters. The minimum absolute atomic E-state index is 0.105. The van der Waals surface area contributed by atoms with E-state index < -0.39 is 5.97 Å². The maximum Gasteiger partial charge on any atom is 0.339 e. The van der Waals surface area contributed by atoms with Crippen molar-refractivity contribution >= 4 is 22.9 Å². The van der Waals surface area contributed by atoms with Gasteiger partial charge in [-0.2, -0.15) is 5.10 Å². The summed E-state index contributed by atoms with van der Waals surface area (Å²) in [6.45, 7) is 10.1. The Labute approximate surface area is 176 Å². The molecule has 7 heteroatoms. The zero-order valence-corrected chi connectivity index (χ0v) is 18.1. The average molecular weight is 409 g/mol. The lowest BCUT2D eigenvalue weighted by Crippen LogP contribution is -2.28. The molecule has 158 valence electrons. The molecule has 0 bridgehead atoms. The molecule has 1 N–H and O–H groups in total. The van der Waals surface area contributed by atoms with Crippen molar-refractivity contribution in [1.29, 1.82) is 0 Å². The van der Waals surface area contributed by atoms with Crippen LogP contribution in [0.15, 0.2) is 36.5 Å². The summed E-state index contributed by atoms with van der Waals surface area (Å²) in [5.74, 6) is -0.772. The van der Waals surface area contributed by atoms with Crippen LogP contribution in [0, 0.1) is 6.92 Å². The molecule has 30 heavy (non-hydrogen) atoms. The SMILES string of the molecule is Cc1ccccc1CNC(=O)COC(=O)c1cc(C(C)C)nc2c1cnn2C(C)C. The first-order valence-corrected chi connectivity index (χ1v) is 10.1. The number of benzene rings is 1. The Balaban J connectivity index is 1.73. The second-order valence-corrected chi connectivity index (χ2v) is 7.95. The fourth-order valence-electron chi connectivity index (χ4n) is 3.14. The molecule has 0 radical (unpaired) electrons. The smallest absolute Gasteiger partial charge is 0.339 e. The van der Waals surface area contributed by atoms with Crippen LogP contribution in [0.5, 0.6) is 0 Å². The van der Waals surface area contributed by atoms with Crippen molar-refractivity contribution in [3.63, 3.8) is 0 Å². The lowest BCUT2D eigenvalue weighted by atomic mass is 10.1. The number of ether oxygens (including phenoxy) is 1. The molecule has 0 aliphatic carbocycles. The average Bonchev–Trinajstić information content (AvgIpc) is 3.15. The number of fused-ring (bicyclic) bond motifs is 1. The summed E-state index contributed by atoms with van der Waals surface area (Å²) < 4.78 is 7.09. The Bertz CT molecular complexity index is 1070. The number of aromatic nitrogens is 3. The molecule has 0 spiro atoms. The lowest BCUT2D eigenvalue weighted by Gasteiger charge is -2.12. The van der Waals surface area contributed by atoms with Gasteiger partial charge in [0.2, 0.25) is 0 Å². The Hall–Kier alpha value is -3.22. The van der Waals surface area contributed by atoms with Gasteiger partial charge in [0.15, 0.2) is 12.3 Å². The number of rotatable bonds is 7. The normalized spacial score (nSPS) is 11.3. The minimum atomic E-state index is -0.557. The first-order valence-electron chi connectivity index (χ1n) is 10.1. The highest BCUT2D eigenvalue weighted by atomic mass is 16.5. The molecule has 1 amide bonds. The van der Waals surface area contributed by atoms with Gasteiger partial charge in [-0.1, -0.05) is 38.1 Å². The summed E-state index contributed by atoms with van der Waals surface area (Å²) in [6, 6.07) is 9.65. The lowest BCUT2D eigenvalue weighted by molar-refractivity contribution is -0.124. The van der Waals surface area contributed by atoms with E-state index in [1.165, 1.54) is 0 Å². The number of esters is 1. The van der Waals surface area contributed by atoms with E-state index in [9.17, 15) is 9.59 Å². The van der Waals surface area contributed by atoms with Gasteiger partial charge in [0.25, 0.3) is 5.91 Å². The second-order valence-electron chi connectivity index (χ2n) is 7.95. The molecule has 0 unspecified atom stereocenters. The quantitative estimate of drug-likeness (QED) is 0.599. The highest BCUT2D eigenvalue weighted by molar-refractivity contribution is 6.03.